The van der Waals surface area contributed by atoms with Gasteiger partial charge in [0.1, 0.15) is 5.78 Å². The molecule has 0 saturated heterocycles. The van der Waals surface area contributed by atoms with Crippen molar-refractivity contribution in [3.05, 3.63) is 13.2 Å². The number of carbonyl (C=O) groups excluding carboxylic acids is 1. The van der Waals surface area contributed by atoms with Crippen LogP contribution in [0.2, 0.25) is 84.6 Å². The number of hydrogen-bond donors (Lipinski definition) is 0. The van der Waals surface area contributed by atoms with Crippen LogP contribution in [-0.4, -0.2) is 69.5 Å². The normalized spacial score (nSPS) is 16.5. The van der Waals surface area contributed by atoms with Crippen LogP contribution in [0.15, 0.2) is 13.2 Å². The second kappa shape index (κ2) is 15.9. The van der Waals surface area contributed by atoms with E-state index >= 15 is 0 Å². The lowest BCUT2D eigenvalue weighted by Crippen LogP contribution is -2.63. The molecule has 0 aromatic carbocycles. The Kier molecular flexibility index (Phi) is 17.1. The average Bonchev–Trinajstić information content (AvgIpc) is 2.56. The van der Waals surface area contributed by atoms with E-state index in [1.165, 1.54) is 0 Å². The largest absolute Gasteiger partial charge is 0.437 e. The Morgan fingerprint density at radius 3 is 1.42 bits per heavy atom. The summed E-state index contributed by atoms with van der Waals surface area (Å²) in [6.45, 7) is 35.7. The maximum absolute atomic E-state index is 12.3. The van der Waals surface area contributed by atoms with E-state index in [0.29, 0.717) is 12.8 Å². The van der Waals surface area contributed by atoms with Gasteiger partial charge in [0.15, 0.2) is 16.6 Å². The van der Waals surface area contributed by atoms with Gasteiger partial charge in [-0.1, -0.05) is 19.8 Å². The van der Waals surface area contributed by atoms with Gasteiger partial charge < -0.3 is 30.1 Å². The van der Waals surface area contributed by atoms with Crippen molar-refractivity contribution in [2.24, 2.45) is 0 Å². The molecule has 0 amide bonds. The van der Waals surface area contributed by atoms with Gasteiger partial charge in [-0.25, -0.2) is 0 Å². The Balaban J connectivity index is 0. The smallest absolute Gasteiger partial charge is 0.344 e. The predicted octanol–water partition coefficient (Wildman–Crippen LogP) is 7.42. The molecule has 13 heteroatoms. The Labute approximate surface area is 229 Å². The Morgan fingerprint density at radius 1 is 0.639 bits per heavy atom. The molecule has 0 fully saturated rings. The van der Waals surface area contributed by atoms with E-state index < -0.39 is 50.9 Å². The Bertz CT molecular complexity index is 652. The number of ketones is 1. The SMILES string of the molecule is C=C.CCCCCOC[Si](C)(O[Si](C)(C)O[Si](C)(C)C)O[Si](C)(CC(C)=O)O[Si](C)(C)O[Si](C)(C)C. The van der Waals surface area contributed by atoms with Gasteiger partial charge in [-0.15, -0.1) is 13.2 Å². The highest BCUT2D eigenvalue weighted by molar-refractivity contribution is 6.92. The molecule has 0 bridgehead atoms. The van der Waals surface area contributed by atoms with E-state index in [4.69, 9.17) is 25.3 Å². The summed E-state index contributed by atoms with van der Waals surface area (Å²) in [6.07, 6.45) is 3.68. The van der Waals surface area contributed by atoms with Gasteiger partial charge in [0.05, 0.1) is 6.23 Å². The van der Waals surface area contributed by atoms with Crippen LogP contribution in [0.4, 0.5) is 0 Å². The molecule has 2 unspecified atom stereocenters. The van der Waals surface area contributed by atoms with Crippen LogP contribution in [0.3, 0.4) is 0 Å². The first-order valence-corrected chi connectivity index (χ1v) is 30.6. The molecule has 0 N–H and O–H groups in total. The second-order valence-corrected chi connectivity index (χ2v) is 35.7. The summed E-state index contributed by atoms with van der Waals surface area (Å²) in [4.78, 5) is 12.3. The molecular weight excluding hydrogens is 557 g/mol. The minimum Gasteiger partial charge on any atom is -0.437 e. The van der Waals surface area contributed by atoms with E-state index in [1.807, 2.05) is 26.2 Å². The first-order chi connectivity index (χ1) is 16.0. The highest BCUT2D eigenvalue weighted by atomic mass is 28.5. The molecule has 7 nitrogen and oxygen atoms in total. The number of rotatable bonds is 18. The van der Waals surface area contributed by atoms with Gasteiger partial charge in [0, 0.05) is 12.7 Å². The molecule has 0 radical (unpaired) electrons. The lowest BCUT2D eigenvalue weighted by molar-refractivity contribution is -0.115. The standard InChI is InChI=1S/C21H54O7Si6.C2H4/c1-15-16-17-18-23-20-34(14,27-32(11,12)25-30(6,7)8)28-33(13,19-21(2)22)26-31(9,10)24-29(3,4)5;1-2/h15-20H2,1-14H3;1-2H2. The predicted molar refractivity (Wildman–Crippen MR) is 167 cm³/mol. The number of Topliss-reactive ketones (excluding diaryl/α,β-unsaturated/α-hetero) is 1. The molecule has 0 aliphatic heterocycles. The highest BCUT2D eigenvalue weighted by Crippen LogP contribution is 2.30. The van der Waals surface area contributed by atoms with Crippen LogP contribution in [0.1, 0.15) is 33.1 Å². The highest BCUT2D eigenvalue weighted by Gasteiger charge is 2.51. The molecule has 0 aromatic rings. The van der Waals surface area contributed by atoms with Crippen molar-refractivity contribution in [1.82, 2.24) is 0 Å². The fourth-order valence-corrected chi connectivity index (χ4v) is 32.8. The van der Waals surface area contributed by atoms with Crippen molar-refractivity contribution in [1.29, 1.82) is 0 Å². The molecule has 0 aliphatic carbocycles. The molecular formula is C23H58O7Si6. The summed E-state index contributed by atoms with van der Waals surface area (Å²) >= 11 is 0. The van der Waals surface area contributed by atoms with Gasteiger partial charge in [0.25, 0.3) is 0 Å². The minimum absolute atomic E-state index is 0.0574. The molecule has 216 valence electrons. The summed E-state index contributed by atoms with van der Waals surface area (Å²) in [5.41, 5.74) is 0. The molecule has 0 saturated carbocycles. The fourth-order valence-electron chi connectivity index (χ4n) is 4.35. The molecule has 0 aromatic heterocycles. The molecule has 0 aliphatic rings. The van der Waals surface area contributed by atoms with Gasteiger partial charge in [0.2, 0.25) is 0 Å². The number of hydrogen-bond acceptors (Lipinski definition) is 7. The zero-order valence-electron chi connectivity index (χ0n) is 26.0. The number of ether oxygens (including phenoxy) is 1. The quantitative estimate of drug-likeness (QED) is 0.0903. The van der Waals surface area contributed by atoms with E-state index in [2.05, 4.69) is 72.5 Å². The Hall–Kier alpha value is 0.471. The van der Waals surface area contributed by atoms with Crippen molar-refractivity contribution < 1.29 is 30.1 Å². The van der Waals surface area contributed by atoms with Crippen molar-refractivity contribution in [2.75, 3.05) is 12.8 Å². The number of carbonyl (C=O) groups is 1. The maximum Gasteiger partial charge on any atom is 0.344 e. The first-order valence-electron chi connectivity index (χ1n) is 13.1. The van der Waals surface area contributed by atoms with Crippen LogP contribution in [0.25, 0.3) is 0 Å². The van der Waals surface area contributed by atoms with Gasteiger partial charge in [-0.05, 0) is 91.9 Å². The van der Waals surface area contributed by atoms with E-state index in [9.17, 15) is 4.79 Å². The Morgan fingerprint density at radius 2 is 1.06 bits per heavy atom. The van der Waals surface area contributed by atoms with Crippen molar-refractivity contribution >= 4 is 56.7 Å². The minimum atomic E-state index is -2.97. The monoisotopic (exact) mass is 614 g/mol. The summed E-state index contributed by atoms with van der Waals surface area (Å²) in [5, 5.41) is 0. The van der Waals surface area contributed by atoms with Crippen LogP contribution < -0.4 is 0 Å². The zero-order chi connectivity index (χ0) is 29.1. The van der Waals surface area contributed by atoms with Crippen LogP contribution in [0, 0.1) is 0 Å². The molecule has 0 rings (SSSR count). The molecule has 0 heterocycles. The third kappa shape index (κ3) is 20.4. The lowest BCUT2D eigenvalue weighted by atomic mass is 10.3. The van der Waals surface area contributed by atoms with E-state index in [1.54, 1.807) is 6.92 Å². The summed E-state index contributed by atoms with van der Waals surface area (Å²) in [5.74, 6) is 0.0574. The first kappa shape index (κ1) is 38.6. The van der Waals surface area contributed by atoms with E-state index in [-0.39, 0.29) is 11.8 Å². The average molecular weight is 615 g/mol. The van der Waals surface area contributed by atoms with Crippen molar-refractivity contribution in [3.63, 3.8) is 0 Å². The summed E-state index contributed by atoms with van der Waals surface area (Å²) in [6, 6.07) is 0.261. The maximum atomic E-state index is 12.3. The third-order valence-electron chi connectivity index (χ3n) is 4.29. The second-order valence-electron chi connectivity index (χ2n) is 12.4. The van der Waals surface area contributed by atoms with Crippen LogP contribution in [0.5, 0.6) is 0 Å². The molecule has 36 heavy (non-hydrogen) atoms. The van der Waals surface area contributed by atoms with Crippen molar-refractivity contribution in [2.45, 2.75) is 118 Å². The fraction of sp³-hybridized carbons (Fsp3) is 0.870. The summed E-state index contributed by atoms with van der Waals surface area (Å²) in [7, 11) is -14.5. The van der Waals surface area contributed by atoms with Crippen LogP contribution >= 0.6 is 0 Å². The van der Waals surface area contributed by atoms with Gasteiger partial charge in [-0.3, -0.25) is 0 Å². The third-order valence-corrected chi connectivity index (χ3v) is 25.8. The topological polar surface area (TPSA) is 72.5 Å². The van der Waals surface area contributed by atoms with Gasteiger partial charge >= 0.3 is 34.2 Å². The summed E-state index contributed by atoms with van der Waals surface area (Å²) < 4.78 is 39.4. The van der Waals surface area contributed by atoms with Crippen molar-refractivity contribution in [3.8, 4) is 0 Å². The lowest BCUT2D eigenvalue weighted by Gasteiger charge is -2.44. The molecule has 0 spiro atoms. The molecule has 2 atom stereocenters. The zero-order valence-corrected chi connectivity index (χ0v) is 32.0. The number of unbranched alkanes of at least 4 members (excludes halogenated alkanes) is 2. The van der Waals surface area contributed by atoms with Gasteiger partial charge in [-0.2, -0.15) is 0 Å². The van der Waals surface area contributed by atoms with E-state index in [0.717, 1.165) is 19.3 Å². The van der Waals surface area contributed by atoms with Crippen LogP contribution in [-0.2, 0) is 30.1 Å².